The molecule has 1 saturated heterocycles. The summed E-state index contributed by atoms with van der Waals surface area (Å²) >= 11 is 4.95. The molecular weight excluding hydrogens is 394 g/mol. The number of aromatic nitrogens is 2. The van der Waals surface area contributed by atoms with Crippen LogP contribution in [-0.4, -0.2) is 39.2 Å². The van der Waals surface area contributed by atoms with E-state index < -0.39 is 5.97 Å². The maximum absolute atomic E-state index is 11.1. The number of nitrogens with zero attached hydrogens (tertiary/aromatic N) is 3. The number of rotatable bonds is 4. The van der Waals surface area contributed by atoms with Crippen molar-refractivity contribution in [2.45, 2.75) is 19.4 Å². The lowest BCUT2D eigenvalue weighted by atomic mass is 9.98. The molecule has 1 aliphatic heterocycles. The summed E-state index contributed by atoms with van der Waals surface area (Å²) in [5.74, 6) is 0.0804. The van der Waals surface area contributed by atoms with Crippen LogP contribution in [0.4, 0.5) is 0 Å². The van der Waals surface area contributed by atoms with E-state index in [4.69, 9.17) is 9.63 Å². The molecule has 2 aromatic rings. The number of piperidine rings is 1. The second-order valence-corrected chi connectivity index (χ2v) is 7.49. The molecule has 120 valence electrons. The molecule has 0 aromatic carbocycles. The summed E-state index contributed by atoms with van der Waals surface area (Å²) in [7, 11) is 0. The zero-order chi connectivity index (χ0) is 14.8. The number of halogens is 2. The Morgan fingerprint density at radius 1 is 1.55 bits per heavy atom. The van der Waals surface area contributed by atoms with Gasteiger partial charge in [-0.25, -0.2) is 0 Å². The summed E-state index contributed by atoms with van der Waals surface area (Å²) in [5.41, 5.74) is 0. The summed E-state index contributed by atoms with van der Waals surface area (Å²) in [5, 5.41) is 13.1. The van der Waals surface area contributed by atoms with Crippen molar-refractivity contribution in [1.29, 1.82) is 0 Å². The van der Waals surface area contributed by atoms with Crippen molar-refractivity contribution in [2.24, 2.45) is 5.92 Å². The molecule has 1 atom stereocenters. The predicted octanol–water partition coefficient (Wildman–Crippen LogP) is 3.28. The number of hydrogen-bond donors (Lipinski definition) is 1. The van der Waals surface area contributed by atoms with Gasteiger partial charge in [0, 0.05) is 6.54 Å². The third-order valence-electron chi connectivity index (χ3n) is 3.48. The van der Waals surface area contributed by atoms with Gasteiger partial charge in [-0.15, -0.1) is 23.7 Å². The van der Waals surface area contributed by atoms with Crippen LogP contribution in [0.15, 0.2) is 20.4 Å². The fraction of sp³-hybridized carbons (Fsp3) is 0.462. The van der Waals surface area contributed by atoms with E-state index in [9.17, 15) is 4.79 Å². The molecule has 0 bridgehead atoms. The molecule has 1 unspecified atom stereocenters. The largest absolute Gasteiger partial charge is 0.481 e. The first-order valence-corrected chi connectivity index (χ1v) is 8.26. The van der Waals surface area contributed by atoms with Crippen LogP contribution in [-0.2, 0) is 11.3 Å². The van der Waals surface area contributed by atoms with Crippen molar-refractivity contribution < 1.29 is 14.4 Å². The van der Waals surface area contributed by atoms with Gasteiger partial charge in [0.15, 0.2) is 0 Å². The number of thiophene rings is 1. The van der Waals surface area contributed by atoms with Gasteiger partial charge in [0.05, 0.1) is 21.1 Å². The van der Waals surface area contributed by atoms with Gasteiger partial charge in [-0.1, -0.05) is 5.16 Å². The van der Waals surface area contributed by atoms with Crippen LogP contribution in [0.1, 0.15) is 18.7 Å². The smallest absolute Gasteiger partial charge is 0.307 e. The van der Waals surface area contributed by atoms with Crippen LogP contribution in [0.25, 0.3) is 10.7 Å². The van der Waals surface area contributed by atoms with Gasteiger partial charge in [-0.3, -0.25) is 9.69 Å². The maximum atomic E-state index is 11.1. The molecule has 1 N–H and O–H groups in total. The zero-order valence-electron chi connectivity index (χ0n) is 11.6. The number of carboxylic acids is 1. The van der Waals surface area contributed by atoms with Gasteiger partial charge in [-0.2, -0.15) is 4.98 Å². The van der Waals surface area contributed by atoms with Crippen LogP contribution in [0.5, 0.6) is 0 Å². The average Bonchev–Trinajstić information content (AvgIpc) is 3.08. The van der Waals surface area contributed by atoms with E-state index in [0.29, 0.717) is 24.8 Å². The zero-order valence-corrected chi connectivity index (χ0v) is 14.8. The molecule has 9 heteroatoms. The van der Waals surface area contributed by atoms with Crippen molar-refractivity contribution in [3.05, 3.63) is 21.8 Å². The normalized spacial score (nSPS) is 18.9. The highest BCUT2D eigenvalue weighted by Gasteiger charge is 2.26. The quantitative estimate of drug-likeness (QED) is 0.836. The van der Waals surface area contributed by atoms with Crippen molar-refractivity contribution in [2.75, 3.05) is 13.1 Å². The highest BCUT2D eigenvalue weighted by Crippen LogP contribution is 2.29. The maximum Gasteiger partial charge on any atom is 0.307 e. The molecule has 1 aliphatic rings. The first-order chi connectivity index (χ1) is 10.1. The Kier molecular flexibility index (Phi) is 5.96. The molecule has 0 aliphatic carbocycles. The van der Waals surface area contributed by atoms with Crippen LogP contribution in [0.3, 0.4) is 0 Å². The molecule has 0 radical (unpaired) electrons. The number of carboxylic acid groups (broad SMARTS) is 1. The number of carbonyl (C=O) groups is 1. The molecule has 22 heavy (non-hydrogen) atoms. The monoisotopic (exact) mass is 407 g/mol. The number of aliphatic carboxylic acids is 1. The Labute approximate surface area is 146 Å². The van der Waals surface area contributed by atoms with E-state index in [0.717, 1.165) is 28.0 Å². The van der Waals surface area contributed by atoms with Crippen LogP contribution < -0.4 is 0 Å². The Morgan fingerprint density at radius 3 is 3.05 bits per heavy atom. The van der Waals surface area contributed by atoms with E-state index in [1.807, 2.05) is 12.1 Å². The Balaban J connectivity index is 0.00000176. The summed E-state index contributed by atoms with van der Waals surface area (Å²) in [4.78, 5) is 18.4. The average molecular weight is 409 g/mol. The third kappa shape index (κ3) is 4.07. The molecule has 0 saturated carbocycles. The lowest BCUT2D eigenvalue weighted by molar-refractivity contribution is -0.143. The summed E-state index contributed by atoms with van der Waals surface area (Å²) in [6, 6.07) is 3.88. The van der Waals surface area contributed by atoms with Crippen LogP contribution in [0, 0.1) is 5.92 Å². The minimum Gasteiger partial charge on any atom is -0.481 e. The van der Waals surface area contributed by atoms with Crippen LogP contribution in [0.2, 0.25) is 0 Å². The standard InChI is InChI=1S/C13H14BrN3O3S.ClH/c14-10-4-3-9(21-10)12-15-11(20-16-12)7-17-5-1-2-8(6-17)13(18)19;/h3-4,8H,1-2,5-7H2,(H,18,19);1H. The lowest BCUT2D eigenvalue weighted by Crippen LogP contribution is -2.38. The van der Waals surface area contributed by atoms with Crippen molar-refractivity contribution in [3.63, 3.8) is 0 Å². The fourth-order valence-electron chi connectivity index (χ4n) is 2.45. The van der Waals surface area contributed by atoms with Gasteiger partial charge in [0.25, 0.3) is 0 Å². The second-order valence-electron chi connectivity index (χ2n) is 5.03. The highest BCUT2D eigenvalue weighted by atomic mass is 79.9. The van der Waals surface area contributed by atoms with E-state index in [1.165, 1.54) is 0 Å². The fourth-order valence-corrected chi connectivity index (χ4v) is 3.76. The highest BCUT2D eigenvalue weighted by molar-refractivity contribution is 9.11. The number of hydrogen-bond acceptors (Lipinski definition) is 6. The van der Waals surface area contributed by atoms with E-state index >= 15 is 0 Å². The molecule has 0 spiro atoms. The van der Waals surface area contributed by atoms with Gasteiger partial charge >= 0.3 is 5.97 Å². The van der Waals surface area contributed by atoms with Crippen molar-refractivity contribution in [3.8, 4) is 10.7 Å². The molecule has 1 fully saturated rings. The first kappa shape index (κ1) is 17.4. The Bertz CT molecular complexity index is 648. The Morgan fingerprint density at radius 2 is 2.36 bits per heavy atom. The molecule has 2 aromatic heterocycles. The molecule has 3 heterocycles. The van der Waals surface area contributed by atoms with Gasteiger partial charge in [-0.05, 0) is 47.4 Å². The van der Waals surface area contributed by atoms with E-state index in [1.54, 1.807) is 11.3 Å². The van der Waals surface area contributed by atoms with E-state index in [2.05, 4.69) is 31.0 Å². The van der Waals surface area contributed by atoms with Gasteiger partial charge < -0.3 is 9.63 Å². The van der Waals surface area contributed by atoms with Crippen molar-refractivity contribution in [1.82, 2.24) is 15.0 Å². The number of likely N-dealkylation sites (tertiary alicyclic amines) is 1. The van der Waals surface area contributed by atoms with Crippen molar-refractivity contribution >= 4 is 45.6 Å². The molecular formula is C13H15BrClN3O3S. The van der Waals surface area contributed by atoms with Gasteiger partial charge in [0.1, 0.15) is 0 Å². The Hall–Kier alpha value is -0.960. The molecule has 3 rings (SSSR count). The summed E-state index contributed by atoms with van der Waals surface area (Å²) in [6.07, 6.45) is 1.62. The minimum absolute atomic E-state index is 0. The minimum atomic E-state index is -0.727. The lowest BCUT2D eigenvalue weighted by Gasteiger charge is -2.29. The third-order valence-corrected chi connectivity index (χ3v) is 5.09. The summed E-state index contributed by atoms with van der Waals surface area (Å²) < 4.78 is 6.29. The topological polar surface area (TPSA) is 79.5 Å². The summed E-state index contributed by atoms with van der Waals surface area (Å²) in [6.45, 7) is 1.91. The van der Waals surface area contributed by atoms with Gasteiger partial charge in [0.2, 0.25) is 11.7 Å². The van der Waals surface area contributed by atoms with E-state index in [-0.39, 0.29) is 18.3 Å². The second kappa shape index (κ2) is 7.54. The van der Waals surface area contributed by atoms with Crippen LogP contribution >= 0.6 is 39.7 Å². The molecule has 6 nitrogen and oxygen atoms in total. The SMILES string of the molecule is Cl.O=C(O)C1CCCN(Cc2nc(-c3ccc(Br)s3)no2)C1. The predicted molar refractivity (Wildman–Crippen MR) is 88.2 cm³/mol. The molecule has 0 amide bonds. The first-order valence-electron chi connectivity index (χ1n) is 6.65.